The van der Waals surface area contributed by atoms with Crippen molar-refractivity contribution in [2.45, 2.75) is 4.83 Å². The standard InChI is InChI=1S/C8H5BrF3NO/c9-8(11,12)7(14)13-6-4-2-1-3-5(6)10/h1-4H,(H,13,14). The number of carbonyl (C=O) groups excluding carboxylic acids is 1. The molecule has 1 aromatic rings. The van der Waals surface area contributed by atoms with E-state index in [4.69, 9.17) is 0 Å². The summed E-state index contributed by atoms with van der Waals surface area (Å²) in [5, 5.41) is 1.74. The third-order valence-electron chi connectivity index (χ3n) is 1.38. The summed E-state index contributed by atoms with van der Waals surface area (Å²) in [5.41, 5.74) is -0.281. The van der Waals surface area contributed by atoms with Gasteiger partial charge in [-0.15, -0.1) is 0 Å². The number of alkyl halides is 3. The largest absolute Gasteiger partial charge is 0.378 e. The third-order valence-corrected chi connectivity index (χ3v) is 1.74. The second-order valence-corrected chi connectivity index (χ2v) is 3.43. The fourth-order valence-corrected chi connectivity index (χ4v) is 0.855. The Morgan fingerprint density at radius 3 is 2.43 bits per heavy atom. The van der Waals surface area contributed by atoms with Crippen LogP contribution in [0.5, 0.6) is 0 Å². The molecule has 0 saturated carbocycles. The molecule has 0 aliphatic rings. The molecule has 1 amide bonds. The van der Waals surface area contributed by atoms with Gasteiger partial charge in [0.1, 0.15) is 5.82 Å². The Kier molecular flexibility index (Phi) is 3.15. The van der Waals surface area contributed by atoms with Crippen molar-refractivity contribution in [1.82, 2.24) is 0 Å². The van der Waals surface area contributed by atoms with Gasteiger partial charge in [0.05, 0.1) is 5.69 Å². The first kappa shape index (κ1) is 11.0. The SMILES string of the molecule is O=C(Nc1ccccc1F)C(F)(F)Br. The predicted octanol–water partition coefficient (Wildman–Crippen LogP) is 2.75. The van der Waals surface area contributed by atoms with E-state index >= 15 is 0 Å². The molecule has 0 saturated heterocycles. The summed E-state index contributed by atoms with van der Waals surface area (Å²) in [4.78, 5) is 7.01. The van der Waals surface area contributed by atoms with Gasteiger partial charge < -0.3 is 5.32 Å². The molecule has 0 unspecified atom stereocenters. The first-order chi connectivity index (χ1) is 6.41. The molecule has 1 N–H and O–H groups in total. The highest BCUT2D eigenvalue weighted by atomic mass is 79.9. The van der Waals surface area contributed by atoms with Crippen LogP contribution in [0.4, 0.5) is 18.9 Å². The monoisotopic (exact) mass is 267 g/mol. The highest BCUT2D eigenvalue weighted by Crippen LogP contribution is 2.24. The van der Waals surface area contributed by atoms with Crippen molar-refractivity contribution in [3.05, 3.63) is 30.1 Å². The average molecular weight is 268 g/mol. The maximum atomic E-state index is 12.9. The van der Waals surface area contributed by atoms with Crippen molar-refractivity contribution < 1.29 is 18.0 Å². The van der Waals surface area contributed by atoms with Crippen LogP contribution in [-0.4, -0.2) is 10.7 Å². The Hall–Kier alpha value is -1.04. The van der Waals surface area contributed by atoms with Gasteiger partial charge in [0.2, 0.25) is 0 Å². The van der Waals surface area contributed by atoms with Crippen molar-refractivity contribution in [2.75, 3.05) is 5.32 Å². The van der Waals surface area contributed by atoms with Gasteiger partial charge in [0, 0.05) is 15.9 Å². The van der Waals surface area contributed by atoms with E-state index in [1.807, 2.05) is 15.9 Å². The maximum absolute atomic E-state index is 12.9. The lowest BCUT2D eigenvalue weighted by molar-refractivity contribution is -0.128. The zero-order chi connectivity index (χ0) is 10.8. The number of anilines is 1. The van der Waals surface area contributed by atoms with Crippen molar-refractivity contribution in [1.29, 1.82) is 0 Å². The van der Waals surface area contributed by atoms with Crippen molar-refractivity contribution in [3.8, 4) is 0 Å². The maximum Gasteiger partial charge on any atom is 0.378 e. The molecular weight excluding hydrogens is 263 g/mol. The van der Waals surface area contributed by atoms with Gasteiger partial charge in [-0.05, 0) is 12.1 Å². The lowest BCUT2D eigenvalue weighted by Crippen LogP contribution is -2.28. The summed E-state index contributed by atoms with van der Waals surface area (Å²) in [7, 11) is 0. The van der Waals surface area contributed by atoms with Gasteiger partial charge in [-0.1, -0.05) is 12.1 Å². The number of hydrogen-bond donors (Lipinski definition) is 1. The quantitative estimate of drug-likeness (QED) is 0.821. The molecule has 0 radical (unpaired) electrons. The molecular formula is C8H5BrF3NO. The minimum atomic E-state index is -3.70. The van der Waals surface area contributed by atoms with Crippen LogP contribution in [0.3, 0.4) is 0 Å². The Morgan fingerprint density at radius 2 is 1.93 bits per heavy atom. The molecule has 14 heavy (non-hydrogen) atoms. The predicted molar refractivity (Wildman–Crippen MR) is 48.9 cm³/mol. The second-order valence-electron chi connectivity index (χ2n) is 2.43. The van der Waals surface area contributed by atoms with Crippen molar-refractivity contribution >= 4 is 27.5 Å². The van der Waals surface area contributed by atoms with Crippen LogP contribution in [0.25, 0.3) is 0 Å². The van der Waals surface area contributed by atoms with Crippen molar-refractivity contribution in [3.63, 3.8) is 0 Å². The van der Waals surface area contributed by atoms with Gasteiger partial charge in [0.15, 0.2) is 0 Å². The second kappa shape index (κ2) is 4.00. The van der Waals surface area contributed by atoms with E-state index in [2.05, 4.69) is 0 Å². The minimum absolute atomic E-state index is 0.281. The van der Waals surface area contributed by atoms with Gasteiger partial charge in [-0.2, -0.15) is 8.78 Å². The normalized spacial score (nSPS) is 11.1. The van der Waals surface area contributed by atoms with Crippen LogP contribution in [0, 0.1) is 5.82 Å². The summed E-state index contributed by atoms with van der Waals surface area (Å²) >= 11 is 1.86. The number of nitrogens with one attached hydrogen (secondary N) is 1. The summed E-state index contributed by atoms with van der Waals surface area (Å²) < 4.78 is 37.5. The molecule has 6 heteroatoms. The Morgan fingerprint density at radius 1 is 1.36 bits per heavy atom. The van der Waals surface area contributed by atoms with E-state index in [1.165, 1.54) is 18.2 Å². The van der Waals surface area contributed by atoms with E-state index in [9.17, 15) is 18.0 Å². The van der Waals surface area contributed by atoms with E-state index in [0.29, 0.717) is 0 Å². The van der Waals surface area contributed by atoms with Crippen LogP contribution in [0.2, 0.25) is 0 Å². The first-order valence-corrected chi connectivity index (χ1v) is 4.33. The number of carbonyl (C=O) groups is 1. The molecule has 2 nitrogen and oxygen atoms in total. The van der Waals surface area contributed by atoms with Crippen LogP contribution in [0.15, 0.2) is 24.3 Å². The Labute approximate surface area is 86.2 Å². The van der Waals surface area contributed by atoms with Crippen LogP contribution in [-0.2, 0) is 4.79 Å². The fourth-order valence-electron chi connectivity index (χ4n) is 0.756. The number of halogens is 4. The lowest BCUT2D eigenvalue weighted by Gasteiger charge is -2.09. The summed E-state index contributed by atoms with van der Waals surface area (Å²) in [6.45, 7) is 0. The Bertz CT molecular complexity index is 351. The van der Waals surface area contributed by atoms with Crippen LogP contribution in [0.1, 0.15) is 0 Å². The molecule has 0 atom stereocenters. The van der Waals surface area contributed by atoms with Gasteiger partial charge in [-0.25, -0.2) is 4.39 Å². The smallest absolute Gasteiger partial charge is 0.317 e. The molecule has 76 valence electrons. The highest BCUT2D eigenvalue weighted by Gasteiger charge is 2.35. The molecule has 0 aliphatic heterocycles. The molecule has 0 aliphatic carbocycles. The number of amides is 1. The number of para-hydroxylation sites is 1. The molecule has 0 bridgehead atoms. The highest BCUT2D eigenvalue weighted by molar-refractivity contribution is 9.10. The first-order valence-electron chi connectivity index (χ1n) is 3.54. The van der Waals surface area contributed by atoms with Gasteiger partial charge >= 0.3 is 10.7 Å². The van der Waals surface area contributed by atoms with E-state index in [-0.39, 0.29) is 5.69 Å². The molecule has 1 aromatic carbocycles. The van der Waals surface area contributed by atoms with E-state index in [1.54, 1.807) is 5.32 Å². The lowest BCUT2D eigenvalue weighted by atomic mass is 10.3. The minimum Gasteiger partial charge on any atom is -0.317 e. The summed E-state index contributed by atoms with van der Waals surface area (Å²) in [6, 6.07) is 5.05. The molecule has 0 spiro atoms. The summed E-state index contributed by atoms with van der Waals surface area (Å²) in [5.74, 6) is -2.37. The van der Waals surface area contributed by atoms with Gasteiger partial charge in [0.25, 0.3) is 0 Å². The van der Waals surface area contributed by atoms with E-state index < -0.39 is 16.6 Å². The third kappa shape index (κ3) is 2.73. The number of rotatable bonds is 2. The molecule has 0 fully saturated rings. The zero-order valence-corrected chi connectivity index (χ0v) is 8.32. The topological polar surface area (TPSA) is 29.1 Å². The van der Waals surface area contributed by atoms with Crippen molar-refractivity contribution in [2.24, 2.45) is 0 Å². The number of hydrogen-bond acceptors (Lipinski definition) is 1. The Balaban J connectivity index is 2.80. The molecule has 0 heterocycles. The fraction of sp³-hybridized carbons (Fsp3) is 0.125. The summed E-state index contributed by atoms with van der Waals surface area (Å²) in [6.07, 6.45) is 0. The molecule has 0 aromatic heterocycles. The number of benzene rings is 1. The van der Waals surface area contributed by atoms with Crippen LogP contribution >= 0.6 is 15.9 Å². The van der Waals surface area contributed by atoms with Gasteiger partial charge in [-0.3, -0.25) is 4.79 Å². The molecule has 1 rings (SSSR count). The van der Waals surface area contributed by atoms with Crippen LogP contribution < -0.4 is 5.32 Å². The van der Waals surface area contributed by atoms with E-state index in [0.717, 1.165) is 6.07 Å². The zero-order valence-electron chi connectivity index (χ0n) is 6.73. The average Bonchev–Trinajstić information content (AvgIpc) is 2.07.